The van der Waals surface area contributed by atoms with Crippen molar-refractivity contribution in [2.24, 2.45) is 0 Å². The van der Waals surface area contributed by atoms with E-state index in [1.165, 1.54) is 18.2 Å². The van der Waals surface area contributed by atoms with Gasteiger partial charge in [0.1, 0.15) is 11.6 Å². The monoisotopic (exact) mass is 327 g/mol. The summed E-state index contributed by atoms with van der Waals surface area (Å²) in [5.41, 5.74) is 8.58. The molecular weight excluding hydrogens is 313 g/mol. The van der Waals surface area contributed by atoms with Crippen LogP contribution in [0.25, 0.3) is 0 Å². The number of aliphatic carboxylic acids is 1. The van der Waals surface area contributed by atoms with Crippen LogP contribution in [0.1, 0.15) is 11.1 Å². The lowest BCUT2D eigenvalue weighted by atomic mass is 10.1. The lowest BCUT2D eigenvalue weighted by Crippen LogP contribution is -2.44. The van der Waals surface area contributed by atoms with Crippen LogP contribution in [0.3, 0.4) is 0 Å². The quantitative estimate of drug-likeness (QED) is 0.630. The van der Waals surface area contributed by atoms with Gasteiger partial charge in [-0.15, -0.1) is 0 Å². The summed E-state index contributed by atoms with van der Waals surface area (Å²) in [6.45, 7) is 0. The molecule has 24 heavy (non-hydrogen) atoms. The number of nitrogens with one attached hydrogen (secondary N) is 3. The second-order valence-electron chi connectivity index (χ2n) is 5.03. The second kappa shape index (κ2) is 7.10. The number of carbonyl (C=O) groups is 1. The van der Waals surface area contributed by atoms with E-state index < -0.39 is 24.1 Å². The number of rotatable bonds is 3. The van der Waals surface area contributed by atoms with Gasteiger partial charge in [-0.25, -0.2) is 15.2 Å². The lowest BCUT2D eigenvalue weighted by molar-refractivity contribution is -0.141. The Hall–Kier alpha value is -2.92. The molecule has 3 rings (SSSR count). The minimum Gasteiger partial charge on any atom is -0.480 e. The summed E-state index contributed by atoms with van der Waals surface area (Å²) in [5.74, 6) is 4.20. The first kappa shape index (κ1) is 16.0. The molecule has 1 fully saturated rings. The zero-order valence-corrected chi connectivity index (χ0v) is 12.4. The fraction of sp³-hybridized carbons (Fsp3) is 0.118. The van der Waals surface area contributed by atoms with E-state index in [2.05, 4.69) is 28.2 Å². The predicted molar refractivity (Wildman–Crippen MR) is 84.1 cm³/mol. The Balaban J connectivity index is 1.73. The smallest absolute Gasteiger partial charge is 0.327 e. The number of carboxylic acids is 1. The highest BCUT2D eigenvalue weighted by Gasteiger charge is 2.34. The van der Waals surface area contributed by atoms with Crippen LogP contribution in [0.15, 0.2) is 48.5 Å². The first-order chi connectivity index (χ1) is 11.6. The molecule has 1 saturated heterocycles. The third-order valence-corrected chi connectivity index (χ3v) is 3.33. The highest BCUT2D eigenvalue weighted by atomic mass is 19.1. The van der Waals surface area contributed by atoms with Crippen LogP contribution in [0.5, 0.6) is 5.75 Å². The normalized spacial score (nSPS) is 19.4. The number of hydrogen-bond acceptors (Lipinski definition) is 5. The molecule has 2 atom stereocenters. The van der Waals surface area contributed by atoms with Gasteiger partial charge in [0.05, 0.1) is 5.56 Å². The van der Waals surface area contributed by atoms with E-state index in [4.69, 9.17) is 9.84 Å². The van der Waals surface area contributed by atoms with E-state index in [1.807, 2.05) is 30.3 Å². The van der Waals surface area contributed by atoms with Crippen LogP contribution in [0.4, 0.5) is 4.39 Å². The SMILES string of the molecule is O=C(O)C1NNNC1Oc1ccc(C#Cc2ccccc2)c(F)c1. The van der Waals surface area contributed by atoms with Crippen molar-refractivity contribution in [3.05, 3.63) is 65.5 Å². The first-order valence-corrected chi connectivity index (χ1v) is 7.15. The van der Waals surface area contributed by atoms with E-state index in [0.717, 1.165) is 5.56 Å². The molecule has 2 aromatic rings. The molecule has 1 aliphatic heterocycles. The summed E-state index contributed by atoms with van der Waals surface area (Å²) in [5, 5.41) is 9.02. The molecule has 0 bridgehead atoms. The zero-order chi connectivity index (χ0) is 16.9. The van der Waals surface area contributed by atoms with Crippen molar-refractivity contribution in [2.45, 2.75) is 12.3 Å². The molecule has 4 N–H and O–H groups in total. The van der Waals surface area contributed by atoms with Gasteiger partial charge in [0.25, 0.3) is 0 Å². The Labute approximate surface area is 137 Å². The van der Waals surface area contributed by atoms with Crippen molar-refractivity contribution in [3.8, 4) is 17.6 Å². The summed E-state index contributed by atoms with van der Waals surface area (Å²) in [6.07, 6.45) is -0.872. The van der Waals surface area contributed by atoms with Crippen LogP contribution >= 0.6 is 0 Å². The molecule has 0 aromatic heterocycles. The fourth-order valence-corrected chi connectivity index (χ4v) is 2.12. The van der Waals surface area contributed by atoms with E-state index in [-0.39, 0.29) is 11.3 Å². The maximum Gasteiger partial charge on any atom is 0.327 e. The number of ether oxygens (including phenoxy) is 1. The molecule has 7 heteroatoms. The van der Waals surface area contributed by atoms with E-state index in [1.54, 1.807) is 0 Å². The Kier molecular flexibility index (Phi) is 4.72. The Morgan fingerprint density at radius 3 is 2.62 bits per heavy atom. The molecular formula is C17H14FN3O3. The third-order valence-electron chi connectivity index (χ3n) is 3.33. The van der Waals surface area contributed by atoms with E-state index in [9.17, 15) is 9.18 Å². The van der Waals surface area contributed by atoms with Crippen LogP contribution in [-0.4, -0.2) is 23.3 Å². The summed E-state index contributed by atoms with van der Waals surface area (Å²) < 4.78 is 19.6. The number of hydrazine groups is 2. The van der Waals surface area contributed by atoms with Crippen molar-refractivity contribution in [2.75, 3.05) is 0 Å². The Morgan fingerprint density at radius 2 is 1.92 bits per heavy atom. The van der Waals surface area contributed by atoms with E-state index >= 15 is 0 Å². The number of halogens is 1. The van der Waals surface area contributed by atoms with Crippen molar-refractivity contribution < 1.29 is 19.0 Å². The summed E-state index contributed by atoms with van der Waals surface area (Å²) >= 11 is 0. The second-order valence-corrected chi connectivity index (χ2v) is 5.03. The maximum atomic E-state index is 14.1. The van der Waals surface area contributed by atoms with Gasteiger partial charge in [0, 0.05) is 11.6 Å². The molecule has 0 spiro atoms. The van der Waals surface area contributed by atoms with Crippen molar-refractivity contribution >= 4 is 5.97 Å². The molecule has 1 aliphatic rings. The van der Waals surface area contributed by atoms with Crippen molar-refractivity contribution in [1.29, 1.82) is 0 Å². The summed E-state index contributed by atoms with van der Waals surface area (Å²) in [6, 6.07) is 12.5. The Morgan fingerprint density at radius 1 is 1.12 bits per heavy atom. The lowest BCUT2D eigenvalue weighted by Gasteiger charge is -2.16. The van der Waals surface area contributed by atoms with Gasteiger partial charge in [0.2, 0.25) is 0 Å². The minimum absolute atomic E-state index is 0.201. The van der Waals surface area contributed by atoms with E-state index in [0.29, 0.717) is 0 Å². The number of hydrogen-bond donors (Lipinski definition) is 4. The maximum absolute atomic E-state index is 14.1. The summed E-state index contributed by atoms with van der Waals surface area (Å²) in [4.78, 5) is 11.0. The molecule has 1 heterocycles. The van der Waals surface area contributed by atoms with Gasteiger partial charge in [0.15, 0.2) is 12.3 Å². The molecule has 0 radical (unpaired) electrons. The fourth-order valence-electron chi connectivity index (χ4n) is 2.12. The van der Waals surface area contributed by atoms with Gasteiger partial charge < -0.3 is 9.84 Å². The number of benzene rings is 2. The van der Waals surface area contributed by atoms with Gasteiger partial charge in [-0.1, -0.05) is 30.0 Å². The largest absolute Gasteiger partial charge is 0.480 e. The Bertz CT molecular complexity index is 802. The van der Waals surface area contributed by atoms with Crippen LogP contribution in [0.2, 0.25) is 0 Å². The topological polar surface area (TPSA) is 82.6 Å². The zero-order valence-electron chi connectivity index (χ0n) is 12.4. The van der Waals surface area contributed by atoms with Crippen LogP contribution in [0, 0.1) is 17.7 Å². The summed E-state index contributed by atoms with van der Waals surface area (Å²) in [7, 11) is 0. The first-order valence-electron chi connectivity index (χ1n) is 7.15. The molecule has 2 aromatic carbocycles. The van der Waals surface area contributed by atoms with Gasteiger partial charge in [-0.2, -0.15) is 5.53 Å². The highest BCUT2D eigenvalue weighted by molar-refractivity contribution is 5.74. The molecule has 2 unspecified atom stereocenters. The predicted octanol–water partition coefficient (Wildman–Crippen LogP) is 0.996. The number of carboxylic acid groups (broad SMARTS) is 1. The standard InChI is InChI=1S/C17H14FN3O3/c18-14-10-13(24-16-15(17(22)23)19-21-20-16)9-8-12(14)7-6-11-4-2-1-3-5-11/h1-5,8-10,15-16,19-21H,(H,22,23). The van der Waals surface area contributed by atoms with Gasteiger partial charge in [-0.05, 0) is 24.3 Å². The molecule has 0 amide bonds. The van der Waals surface area contributed by atoms with Crippen LogP contribution in [-0.2, 0) is 4.79 Å². The van der Waals surface area contributed by atoms with Gasteiger partial charge in [-0.3, -0.25) is 4.79 Å². The van der Waals surface area contributed by atoms with Gasteiger partial charge >= 0.3 is 5.97 Å². The van der Waals surface area contributed by atoms with Crippen molar-refractivity contribution in [1.82, 2.24) is 16.4 Å². The molecule has 122 valence electrons. The highest BCUT2D eigenvalue weighted by Crippen LogP contribution is 2.18. The average Bonchev–Trinajstić information content (AvgIpc) is 3.03. The van der Waals surface area contributed by atoms with Crippen LogP contribution < -0.4 is 21.1 Å². The minimum atomic E-state index is -1.09. The third kappa shape index (κ3) is 3.70. The molecule has 6 nitrogen and oxygen atoms in total. The molecule has 0 aliphatic carbocycles. The van der Waals surface area contributed by atoms with Crippen molar-refractivity contribution in [3.63, 3.8) is 0 Å². The average molecular weight is 327 g/mol. The molecule has 0 saturated carbocycles.